The minimum absolute atomic E-state index is 0.0856. The SMILES string of the molecule is O=C(Cc1cccc(Cl)c1)NCC1CCCC1CBr. The number of hydrogen-bond donors (Lipinski definition) is 1. The molecule has 0 spiro atoms. The average molecular weight is 345 g/mol. The lowest BCUT2D eigenvalue weighted by atomic mass is 9.98. The Hall–Kier alpha value is -0.540. The molecular formula is C15H19BrClNO. The van der Waals surface area contributed by atoms with E-state index in [0.717, 1.165) is 17.4 Å². The molecule has 0 aliphatic heterocycles. The van der Waals surface area contributed by atoms with E-state index in [1.54, 1.807) is 0 Å². The van der Waals surface area contributed by atoms with E-state index in [-0.39, 0.29) is 5.91 Å². The molecule has 0 radical (unpaired) electrons. The molecule has 0 aromatic heterocycles. The molecule has 0 heterocycles. The van der Waals surface area contributed by atoms with Crippen LogP contribution in [0.1, 0.15) is 24.8 Å². The lowest BCUT2D eigenvalue weighted by Crippen LogP contribution is -2.32. The fourth-order valence-corrected chi connectivity index (χ4v) is 3.79. The van der Waals surface area contributed by atoms with Crippen LogP contribution in [0.25, 0.3) is 0 Å². The van der Waals surface area contributed by atoms with E-state index in [0.29, 0.717) is 23.3 Å². The third-order valence-electron chi connectivity index (χ3n) is 3.83. The first kappa shape index (κ1) is 14.9. The molecule has 0 saturated heterocycles. The Bertz CT molecular complexity index is 438. The number of carbonyl (C=O) groups excluding carboxylic acids is 1. The van der Waals surface area contributed by atoms with Crippen molar-refractivity contribution in [3.05, 3.63) is 34.9 Å². The summed E-state index contributed by atoms with van der Waals surface area (Å²) in [5.74, 6) is 1.43. The molecule has 2 unspecified atom stereocenters. The molecule has 0 bridgehead atoms. The van der Waals surface area contributed by atoms with Crippen LogP contribution in [0.2, 0.25) is 5.02 Å². The fraction of sp³-hybridized carbons (Fsp3) is 0.533. The van der Waals surface area contributed by atoms with Gasteiger partial charge in [-0.3, -0.25) is 4.79 Å². The topological polar surface area (TPSA) is 29.1 Å². The molecule has 104 valence electrons. The third kappa shape index (κ3) is 4.50. The number of alkyl halides is 1. The molecule has 1 fully saturated rings. The highest BCUT2D eigenvalue weighted by molar-refractivity contribution is 9.09. The first-order valence-corrected chi connectivity index (χ1v) is 8.26. The van der Waals surface area contributed by atoms with E-state index < -0.39 is 0 Å². The lowest BCUT2D eigenvalue weighted by Gasteiger charge is -2.17. The van der Waals surface area contributed by atoms with Crippen molar-refractivity contribution in [2.24, 2.45) is 11.8 Å². The normalized spacial score (nSPS) is 22.4. The monoisotopic (exact) mass is 343 g/mol. The van der Waals surface area contributed by atoms with Gasteiger partial charge in [0.25, 0.3) is 0 Å². The smallest absolute Gasteiger partial charge is 0.224 e. The van der Waals surface area contributed by atoms with Gasteiger partial charge >= 0.3 is 0 Å². The summed E-state index contributed by atoms with van der Waals surface area (Å²) < 4.78 is 0. The van der Waals surface area contributed by atoms with Crippen LogP contribution in [-0.2, 0) is 11.2 Å². The zero-order valence-electron chi connectivity index (χ0n) is 10.9. The fourth-order valence-electron chi connectivity index (χ4n) is 2.73. The van der Waals surface area contributed by atoms with E-state index >= 15 is 0 Å². The number of hydrogen-bond acceptors (Lipinski definition) is 1. The summed E-state index contributed by atoms with van der Waals surface area (Å²) >= 11 is 9.47. The molecule has 2 rings (SSSR count). The summed E-state index contributed by atoms with van der Waals surface area (Å²) in [7, 11) is 0. The van der Waals surface area contributed by atoms with E-state index in [1.165, 1.54) is 19.3 Å². The number of carbonyl (C=O) groups is 1. The molecule has 1 aromatic rings. The van der Waals surface area contributed by atoms with Crippen molar-refractivity contribution in [1.82, 2.24) is 5.32 Å². The molecule has 19 heavy (non-hydrogen) atoms. The molecule has 1 aliphatic rings. The highest BCUT2D eigenvalue weighted by atomic mass is 79.9. The first-order valence-electron chi connectivity index (χ1n) is 6.76. The summed E-state index contributed by atoms with van der Waals surface area (Å²) in [5.41, 5.74) is 0.966. The van der Waals surface area contributed by atoms with Crippen molar-refractivity contribution >= 4 is 33.4 Å². The zero-order valence-corrected chi connectivity index (χ0v) is 13.2. The van der Waals surface area contributed by atoms with Gasteiger partial charge < -0.3 is 5.32 Å². The average Bonchev–Trinajstić information content (AvgIpc) is 2.83. The third-order valence-corrected chi connectivity index (χ3v) is 4.90. The predicted molar refractivity (Wildman–Crippen MR) is 82.8 cm³/mol. The largest absolute Gasteiger partial charge is 0.356 e. The minimum Gasteiger partial charge on any atom is -0.356 e. The van der Waals surface area contributed by atoms with Gasteiger partial charge in [0, 0.05) is 16.9 Å². The van der Waals surface area contributed by atoms with Gasteiger partial charge in [0.05, 0.1) is 6.42 Å². The van der Waals surface area contributed by atoms with Crippen LogP contribution >= 0.6 is 27.5 Å². The Labute approximate surface area is 128 Å². The first-order chi connectivity index (χ1) is 9.19. The zero-order chi connectivity index (χ0) is 13.7. The Morgan fingerprint density at radius 1 is 1.37 bits per heavy atom. The molecule has 1 N–H and O–H groups in total. The van der Waals surface area contributed by atoms with Crippen LogP contribution < -0.4 is 5.32 Å². The van der Waals surface area contributed by atoms with Gasteiger partial charge in [0.15, 0.2) is 0 Å². The van der Waals surface area contributed by atoms with Gasteiger partial charge in [-0.05, 0) is 42.4 Å². The van der Waals surface area contributed by atoms with E-state index in [4.69, 9.17) is 11.6 Å². The summed E-state index contributed by atoms with van der Waals surface area (Å²) in [4.78, 5) is 11.9. The highest BCUT2D eigenvalue weighted by Crippen LogP contribution is 2.32. The molecule has 2 atom stereocenters. The Kier molecular flexibility index (Phi) is 5.71. The van der Waals surface area contributed by atoms with Gasteiger partial charge in [0.1, 0.15) is 0 Å². The molecular weight excluding hydrogens is 326 g/mol. The van der Waals surface area contributed by atoms with Crippen molar-refractivity contribution in [3.63, 3.8) is 0 Å². The Balaban J connectivity index is 1.78. The van der Waals surface area contributed by atoms with Crippen LogP contribution in [0, 0.1) is 11.8 Å². The number of benzene rings is 1. The van der Waals surface area contributed by atoms with Crippen LogP contribution in [0.5, 0.6) is 0 Å². The van der Waals surface area contributed by atoms with Crippen molar-refractivity contribution < 1.29 is 4.79 Å². The van der Waals surface area contributed by atoms with Gasteiger partial charge in [0.2, 0.25) is 5.91 Å². The van der Waals surface area contributed by atoms with Crippen molar-refractivity contribution in [2.45, 2.75) is 25.7 Å². The Morgan fingerprint density at radius 2 is 2.16 bits per heavy atom. The molecule has 4 heteroatoms. The van der Waals surface area contributed by atoms with Crippen molar-refractivity contribution in [3.8, 4) is 0 Å². The summed E-state index contributed by atoms with van der Waals surface area (Å²) in [6, 6.07) is 7.48. The second kappa shape index (κ2) is 7.30. The molecule has 1 saturated carbocycles. The van der Waals surface area contributed by atoms with Gasteiger partial charge in [-0.1, -0.05) is 46.1 Å². The summed E-state index contributed by atoms with van der Waals surface area (Å²) in [6.45, 7) is 0.801. The maximum Gasteiger partial charge on any atom is 0.224 e. The molecule has 1 aromatic carbocycles. The predicted octanol–water partition coefficient (Wildman–Crippen LogP) is 3.81. The van der Waals surface area contributed by atoms with E-state index in [1.807, 2.05) is 24.3 Å². The standard InChI is InChI=1S/C15H19BrClNO/c16-9-12-4-2-5-13(12)10-18-15(19)8-11-3-1-6-14(17)7-11/h1,3,6-7,12-13H,2,4-5,8-10H2,(H,18,19). The maximum absolute atomic E-state index is 11.9. The lowest BCUT2D eigenvalue weighted by molar-refractivity contribution is -0.120. The molecule has 1 amide bonds. The van der Waals surface area contributed by atoms with E-state index in [9.17, 15) is 4.79 Å². The van der Waals surface area contributed by atoms with Crippen LogP contribution in [0.15, 0.2) is 24.3 Å². The molecule has 1 aliphatic carbocycles. The summed E-state index contributed by atoms with van der Waals surface area (Å²) in [6.07, 6.45) is 4.20. The minimum atomic E-state index is 0.0856. The quantitative estimate of drug-likeness (QED) is 0.809. The van der Waals surface area contributed by atoms with Gasteiger partial charge in [-0.15, -0.1) is 0 Å². The molecule has 2 nitrogen and oxygen atoms in total. The van der Waals surface area contributed by atoms with Crippen LogP contribution in [0.4, 0.5) is 0 Å². The van der Waals surface area contributed by atoms with Crippen LogP contribution in [-0.4, -0.2) is 17.8 Å². The van der Waals surface area contributed by atoms with Gasteiger partial charge in [-0.25, -0.2) is 0 Å². The highest BCUT2D eigenvalue weighted by Gasteiger charge is 2.26. The number of nitrogens with one attached hydrogen (secondary N) is 1. The Morgan fingerprint density at radius 3 is 2.89 bits per heavy atom. The van der Waals surface area contributed by atoms with Gasteiger partial charge in [-0.2, -0.15) is 0 Å². The number of rotatable bonds is 5. The van der Waals surface area contributed by atoms with Crippen molar-refractivity contribution in [2.75, 3.05) is 11.9 Å². The van der Waals surface area contributed by atoms with Crippen LogP contribution in [0.3, 0.4) is 0 Å². The number of amides is 1. The van der Waals surface area contributed by atoms with E-state index in [2.05, 4.69) is 21.2 Å². The van der Waals surface area contributed by atoms with Crippen molar-refractivity contribution in [1.29, 1.82) is 0 Å². The second-order valence-corrected chi connectivity index (χ2v) is 6.30. The maximum atomic E-state index is 11.9. The summed E-state index contributed by atoms with van der Waals surface area (Å²) in [5, 5.41) is 4.78. The second-order valence-electron chi connectivity index (χ2n) is 5.22. The number of halogens is 2.